The molecule has 2 aliphatic heterocycles. The molecule has 1 aliphatic carbocycles. The lowest BCUT2D eigenvalue weighted by Crippen LogP contribution is -2.51. The number of rotatable bonds is 6. The van der Waals surface area contributed by atoms with Crippen LogP contribution in [0.25, 0.3) is 22.6 Å². The van der Waals surface area contributed by atoms with Crippen LogP contribution < -0.4 is 5.32 Å². The molecule has 0 spiro atoms. The average molecular weight is 549 g/mol. The summed E-state index contributed by atoms with van der Waals surface area (Å²) in [5.74, 6) is 0.806. The molecule has 10 heteroatoms. The van der Waals surface area contributed by atoms with Gasteiger partial charge in [-0.2, -0.15) is 0 Å². The Bertz CT molecular complexity index is 1310. The van der Waals surface area contributed by atoms with Crippen molar-refractivity contribution in [3.8, 4) is 22.6 Å². The highest BCUT2D eigenvalue weighted by Crippen LogP contribution is 2.36. The third-order valence-electron chi connectivity index (χ3n) is 8.18. The second kappa shape index (κ2) is 11.6. The summed E-state index contributed by atoms with van der Waals surface area (Å²) in [6.07, 6.45) is 10.1. The van der Waals surface area contributed by atoms with Crippen LogP contribution in [0, 0.1) is 11.2 Å². The summed E-state index contributed by atoms with van der Waals surface area (Å²) in [6, 6.07) is 8.40. The van der Waals surface area contributed by atoms with Crippen LogP contribution in [0.1, 0.15) is 70.4 Å². The minimum absolute atomic E-state index is 0.0803. The van der Waals surface area contributed by atoms with Crippen molar-refractivity contribution in [1.82, 2.24) is 24.8 Å². The Labute approximate surface area is 233 Å². The number of nitrogens with one attached hydrogen (secondary N) is 2. The quantitative estimate of drug-likeness (QED) is 0.420. The SMILES string of the molecule is CC1(C(=O)N2CCCCC2)COC(c2nc(-c3ccc(F)cc3)c(-c3ccnc(NC4CCCCC4)n3)[nH]2)OC1. The molecule has 0 unspecified atom stereocenters. The van der Waals surface area contributed by atoms with Gasteiger partial charge in [-0.3, -0.25) is 4.79 Å². The monoisotopic (exact) mass is 548 g/mol. The van der Waals surface area contributed by atoms with Gasteiger partial charge in [0, 0.05) is 30.9 Å². The highest BCUT2D eigenvalue weighted by Gasteiger charge is 2.43. The first-order valence-electron chi connectivity index (χ1n) is 14.5. The maximum atomic E-state index is 13.7. The van der Waals surface area contributed by atoms with Crippen molar-refractivity contribution >= 4 is 11.9 Å². The number of halogens is 1. The van der Waals surface area contributed by atoms with Gasteiger partial charge < -0.3 is 24.7 Å². The molecule has 0 bridgehead atoms. The highest BCUT2D eigenvalue weighted by atomic mass is 19.1. The van der Waals surface area contributed by atoms with Gasteiger partial charge in [0.05, 0.1) is 35.7 Å². The summed E-state index contributed by atoms with van der Waals surface area (Å²) in [5.41, 5.74) is 1.94. The number of imidazole rings is 1. The van der Waals surface area contributed by atoms with E-state index in [9.17, 15) is 9.18 Å². The Kier molecular flexibility index (Phi) is 7.80. The van der Waals surface area contributed by atoms with E-state index in [1.54, 1.807) is 18.3 Å². The Morgan fingerprint density at radius 1 is 1.00 bits per heavy atom. The van der Waals surface area contributed by atoms with Crippen molar-refractivity contribution < 1.29 is 18.7 Å². The molecule has 40 heavy (non-hydrogen) atoms. The number of amides is 1. The van der Waals surface area contributed by atoms with Gasteiger partial charge in [-0.25, -0.2) is 19.3 Å². The second-order valence-electron chi connectivity index (χ2n) is 11.5. The summed E-state index contributed by atoms with van der Waals surface area (Å²) in [5, 5.41) is 3.48. The maximum Gasteiger partial charge on any atom is 0.233 e. The lowest BCUT2D eigenvalue weighted by Gasteiger charge is -2.40. The number of carbonyl (C=O) groups excluding carboxylic acids is 1. The summed E-state index contributed by atoms with van der Waals surface area (Å²) < 4.78 is 26.0. The maximum absolute atomic E-state index is 13.7. The fourth-order valence-corrected chi connectivity index (χ4v) is 5.87. The average Bonchev–Trinajstić information content (AvgIpc) is 3.44. The van der Waals surface area contributed by atoms with E-state index in [1.165, 1.54) is 31.4 Å². The summed E-state index contributed by atoms with van der Waals surface area (Å²) in [7, 11) is 0. The van der Waals surface area contributed by atoms with Crippen LogP contribution in [-0.4, -0.2) is 63.1 Å². The van der Waals surface area contributed by atoms with E-state index in [-0.39, 0.29) is 24.9 Å². The van der Waals surface area contributed by atoms with Gasteiger partial charge in [-0.1, -0.05) is 19.3 Å². The molecule has 1 amide bonds. The third kappa shape index (κ3) is 5.74. The number of benzene rings is 1. The number of anilines is 1. The molecular weight excluding hydrogens is 511 g/mol. The molecule has 4 heterocycles. The summed E-state index contributed by atoms with van der Waals surface area (Å²) >= 11 is 0. The molecule has 2 aromatic heterocycles. The number of piperidine rings is 1. The number of carbonyl (C=O) groups is 1. The molecule has 6 rings (SSSR count). The summed E-state index contributed by atoms with van der Waals surface area (Å²) in [6.45, 7) is 3.95. The Hall–Kier alpha value is -3.37. The minimum Gasteiger partial charge on any atom is -0.351 e. The van der Waals surface area contributed by atoms with Gasteiger partial charge >= 0.3 is 0 Å². The number of hydrogen-bond acceptors (Lipinski definition) is 7. The van der Waals surface area contributed by atoms with Gasteiger partial charge in [-0.05, 0) is 69.4 Å². The number of H-pyrrole nitrogens is 1. The number of hydrogen-bond donors (Lipinski definition) is 2. The standard InChI is InChI=1S/C30H37FN6O3/c1-30(28(38)37-16-6-3-7-17-37)18-39-27(40-19-30)26-35-24(20-10-12-21(31)13-11-20)25(36-26)23-14-15-32-29(34-23)33-22-8-4-2-5-9-22/h10-15,22,27H,2-9,16-19H2,1H3,(H,35,36)(H,32,33,34). The summed E-state index contributed by atoms with van der Waals surface area (Å²) in [4.78, 5) is 32.6. The minimum atomic E-state index is -0.767. The Balaban J connectivity index is 1.25. The molecule has 212 valence electrons. The largest absolute Gasteiger partial charge is 0.351 e. The molecule has 1 saturated carbocycles. The Morgan fingerprint density at radius 2 is 1.70 bits per heavy atom. The fourth-order valence-electron chi connectivity index (χ4n) is 5.87. The smallest absolute Gasteiger partial charge is 0.233 e. The van der Waals surface area contributed by atoms with E-state index in [0.29, 0.717) is 34.9 Å². The van der Waals surface area contributed by atoms with Crippen molar-refractivity contribution in [2.45, 2.75) is 70.6 Å². The van der Waals surface area contributed by atoms with Gasteiger partial charge in [0.2, 0.25) is 18.1 Å². The molecule has 1 aromatic carbocycles. The number of likely N-dealkylation sites (tertiary alicyclic amines) is 1. The number of aromatic amines is 1. The van der Waals surface area contributed by atoms with Crippen LogP contribution in [0.5, 0.6) is 0 Å². The first-order valence-corrected chi connectivity index (χ1v) is 14.5. The van der Waals surface area contributed by atoms with E-state index in [0.717, 1.165) is 50.8 Å². The Morgan fingerprint density at radius 3 is 2.42 bits per heavy atom. The zero-order valence-corrected chi connectivity index (χ0v) is 23.0. The molecule has 2 N–H and O–H groups in total. The van der Waals surface area contributed by atoms with Crippen molar-refractivity contribution in [3.05, 3.63) is 48.2 Å². The normalized spacial score (nSPS) is 24.1. The predicted molar refractivity (Wildman–Crippen MR) is 149 cm³/mol. The number of nitrogens with zero attached hydrogens (tertiary/aromatic N) is 4. The van der Waals surface area contributed by atoms with E-state index in [1.807, 2.05) is 17.9 Å². The first-order chi connectivity index (χ1) is 19.5. The van der Waals surface area contributed by atoms with E-state index in [4.69, 9.17) is 19.4 Å². The van der Waals surface area contributed by atoms with E-state index >= 15 is 0 Å². The van der Waals surface area contributed by atoms with Gasteiger partial charge in [0.25, 0.3) is 0 Å². The van der Waals surface area contributed by atoms with Crippen LogP contribution in [0.3, 0.4) is 0 Å². The predicted octanol–water partition coefficient (Wildman–Crippen LogP) is 5.48. The third-order valence-corrected chi connectivity index (χ3v) is 8.18. The van der Waals surface area contributed by atoms with Crippen LogP contribution >= 0.6 is 0 Å². The zero-order valence-electron chi connectivity index (χ0n) is 23.0. The molecule has 0 atom stereocenters. The van der Waals surface area contributed by atoms with E-state index < -0.39 is 11.7 Å². The van der Waals surface area contributed by atoms with E-state index in [2.05, 4.69) is 15.3 Å². The lowest BCUT2D eigenvalue weighted by molar-refractivity contribution is -0.234. The van der Waals surface area contributed by atoms with Crippen molar-refractivity contribution in [1.29, 1.82) is 0 Å². The molecule has 3 aromatic rings. The molecule has 2 saturated heterocycles. The fraction of sp³-hybridized carbons (Fsp3) is 0.533. The second-order valence-corrected chi connectivity index (χ2v) is 11.5. The van der Waals surface area contributed by atoms with Gasteiger partial charge in [0.1, 0.15) is 5.82 Å². The molecule has 9 nitrogen and oxygen atoms in total. The number of ether oxygens (including phenoxy) is 2. The van der Waals surface area contributed by atoms with Gasteiger partial charge in [-0.15, -0.1) is 0 Å². The lowest BCUT2D eigenvalue weighted by atomic mass is 9.89. The van der Waals surface area contributed by atoms with Crippen molar-refractivity contribution in [3.63, 3.8) is 0 Å². The molecule has 3 fully saturated rings. The highest BCUT2D eigenvalue weighted by molar-refractivity contribution is 5.83. The van der Waals surface area contributed by atoms with Crippen molar-refractivity contribution in [2.24, 2.45) is 5.41 Å². The van der Waals surface area contributed by atoms with Gasteiger partial charge in [0.15, 0.2) is 5.82 Å². The zero-order chi connectivity index (χ0) is 27.5. The first kappa shape index (κ1) is 26.8. The van der Waals surface area contributed by atoms with Crippen LogP contribution in [0.15, 0.2) is 36.5 Å². The molecule has 3 aliphatic rings. The number of aromatic nitrogens is 4. The van der Waals surface area contributed by atoms with Crippen LogP contribution in [-0.2, 0) is 14.3 Å². The molecule has 0 radical (unpaired) electrons. The van der Waals surface area contributed by atoms with Crippen molar-refractivity contribution in [2.75, 3.05) is 31.6 Å². The van der Waals surface area contributed by atoms with Crippen LogP contribution in [0.2, 0.25) is 0 Å². The molecular formula is C30H37FN6O3. The van der Waals surface area contributed by atoms with Crippen LogP contribution in [0.4, 0.5) is 10.3 Å². The topological polar surface area (TPSA) is 105 Å².